The molecular weight excluding hydrogens is 400 g/mol. The molecule has 1 heterocycles. The Morgan fingerprint density at radius 3 is 2.28 bits per heavy atom. The average Bonchev–Trinajstić information content (AvgIpc) is 2.84. The van der Waals surface area contributed by atoms with Gasteiger partial charge in [0.05, 0.1) is 6.61 Å². The van der Waals surface area contributed by atoms with Gasteiger partial charge in [-0.3, -0.25) is 4.79 Å². The number of piperazine rings is 1. The molecule has 4 rings (SSSR count). The van der Waals surface area contributed by atoms with Gasteiger partial charge in [0, 0.05) is 43.0 Å². The molecule has 1 aliphatic rings. The van der Waals surface area contributed by atoms with Gasteiger partial charge in [0.2, 0.25) is 0 Å². The lowest BCUT2D eigenvalue weighted by Gasteiger charge is -2.36. The number of para-hydroxylation sites is 2. The monoisotopic (exact) mass is 430 g/mol. The molecular formula is C27H30N2O3. The van der Waals surface area contributed by atoms with Gasteiger partial charge in [-0.15, -0.1) is 0 Å². The van der Waals surface area contributed by atoms with Crippen LogP contribution in [0.4, 0.5) is 5.69 Å². The van der Waals surface area contributed by atoms with Crippen LogP contribution in [0.2, 0.25) is 0 Å². The largest absolute Gasteiger partial charge is 0.493 e. The fraction of sp³-hybridized carbons (Fsp3) is 0.296. The van der Waals surface area contributed by atoms with Crippen LogP contribution in [-0.4, -0.2) is 43.6 Å². The van der Waals surface area contributed by atoms with E-state index >= 15 is 0 Å². The van der Waals surface area contributed by atoms with Crippen LogP contribution in [0.15, 0.2) is 72.8 Å². The van der Waals surface area contributed by atoms with Crippen molar-refractivity contribution in [3.05, 3.63) is 89.5 Å². The molecule has 0 atom stereocenters. The first-order valence-corrected chi connectivity index (χ1v) is 11.2. The molecule has 3 aromatic carbocycles. The van der Waals surface area contributed by atoms with E-state index < -0.39 is 0 Å². The zero-order valence-corrected chi connectivity index (χ0v) is 18.8. The Kier molecular flexibility index (Phi) is 6.95. The number of nitrogens with zero attached hydrogens (tertiary/aromatic N) is 2. The minimum Gasteiger partial charge on any atom is -0.493 e. The van der Waals surface area contributed by atoms with E-state index in [2.05, 4.69) is 17.0 Å². The summed E-state index contributed by atoms with van der Waals surface area (Å²) in [5.41, 5.74) is 3.83. The first-order chi connectivity index (χ1) is 15.7. The predicted octanol–water partition coefficient (Wildman–Crippen LogP) is 4.94. The Morgan fingerprint density at radius 1 is 0.844 bits per heavy atom. The van der Waals surface area contributed by atoms with Crippen molar-refractivity contribution in [2.24, 2.45) is 0 Å². The van der Waals surface area contributed by atoms with Crippen LogP contribution >= 0.6 is 0 Å². The molecule has 1 saturated heterocycles. The molecule has 0 bridgehead atoms. The second kappa shape index (κ2) is 10.2. The quantitative estimate of drug-likeness (QED) is 0.533. The van der Waals surface area contributed by atoms with E-state index in [-0.39, 0.29) is 5.91 Å². The lowest BCUT2D eigenvalue weighted by molar-refractivity contribution is 0.0746. The average molecular weight is 431 g/mol. The van der Waals surface area contributed by atoms with Gasteiger partial charge in [-0.2, -0.15) is 0 Å². The zero-order chi connectivity index (χ0) is 22.3. The van der Waals surface area contributed by atoms with Crippen molar-refractivity contribution in [1.82, 2.24) is 4.90 Å². The molecule has 1 aliphatic heterocycles. The molecule has 1 fully saturated rings. The topological polar surface area (TPSA) is 42.0 Å². The highest BCUT2D eigenvalue weighted by atomic mass is 16.5. The normalized spacial score (nSPS) is 13.7. The molecule has 0 spiro atoms. The van der Waals surface area contributed by atoms with Crippen molar-refractivity contribution < 1.29 is 14.3 Å². The van der Waals surface area contributed by atoms with Crippen LogP contribution in [0, 0.1) is 6.92 Å². The fourth-order valence-electron chi connectivity index (χ4n) is 3.98. The summed E-state index contributed by atoms with van der Waals surface area (Å²) in [4.78, 5) is 17.5. The van der Waals surface area contributed by atoms with Gasteiger partial charge < -0.3 is 19.3 Å². The molecule has 32 heavy (non-hydrogen) atoms. The molecule has 0 N–H and O–H groups in total. The third-order valence-corrected chi connectivity index (χ3v) is 5.77. The van der Waals surface area contributed by atoms with Gasteiger partial charge in [-0.1, -0.05) is 36.4 Å². The Bertz CT molecular complexity index is 1040. The number of amides is 1. The number of carbonyl (C=O) groups is 1. The Morgan fingerprint density at radius 2 is 1.56 bits per heavy atom. The van der Waals surface area contributed by atoms with Crippen molar-refractivity contribution in [3.8, 4) is 11.5 Å². The van der Waals surface area contributed by atoms with Gasteiger partial charge in [-0.25, -0.2) is 0 Å². The van der Waals surface area contributed by atoms with Crippen LogP contribution in [0.1, 0.15) is 28.4 Å². The summed E-state index contributed by atoms with van der Waals surface area (Å²) in [7, 11) is 0. The van der Waals surface area contributed by atoms with Crippen LogP contribution in [0.3, 0.4) is 0 Å². The van der Waals surface area contributed by atoms with Crippen molar-refractivity contribution >= 4 is 11.6 Å². The maximum absolute atomic E-state index is 13.2. The summed E-state index contributed by atoms with van der Waals surface area (Å²) in [6, 6.07) is 23.9. The number of carbonyl (C=O) groups excluding carboxylic acids is 1. The summed E-state index contributed by atoms with van der Waals surface area (Å²) in [6.45, 7) is 7.96. The molecule has 0 aliphatic carbocycles. The van der Waals surface area contributed by atoms with E-state index in [0.29, 0.717) is 31.9 Å². The highest BCUT2D eigenvalue weighted by Gasteiger charge is 2.23. The van der Waals surface area contributed by atoms with Crippen molar-refractivity contribution in [2.45, 2.75) is 20.5 Å². The number of benzene rings is 3. The van der Waals surface area contributed by atoms with E-state index in [4.69, 9.17) is 9.47 Å². The molecule has 5 nitrogen and oxygen atoms in total. The third-order valence-electron chi connectivity index (χ3n) is 5.77. The highest BCUT2D eigenvalue weighted by Crippen LogP contribution is 2.25. The number of ether oxygens (including phenoxy) is 2. The minimum atomic E-state index is 0.0536. The minimum absolute atomic E-state index is 0.0536. The van der Waals surface area contributed by atoms with Crippen molar-refractivity contribution in [3.63, 3.8) is 0 Å². The predicted molar refractivity (Wildman–Crippen MR) is 128 cm³/mol. The Labute approximate surface area is 190 Å². The van der Waals surface area contributed by atoms with Gasteiger partial charge in [0.15, 0.2) is 0 Å². The molecule has 3 aromatic rings. The van der Waals surface area contributed by atoms with Gasteiger partial charge in [0.25, 0.3) is 5.91 Å². The summed E-state index contributed by atoms with van der Waals surface area (Å²) in [6.07, 6.45) is 0. The second-order valence-corrected chi connectivity index (χ2v) is 7.92. The van der Waals surface area contributed by atoms with Gasteiger partial charge in [0.1, 0.15) is 18.1 Å². The SMILES string of the molecule is CCOc1ccc(C(=O)N2CCN(c3ccccc3)CC2)cc1COc1ccccc1C. The summed E-state index contributed by atoms with van der Waals surface area (Å²) in [5.74, 6) is 1.65. The fourth-order valence-corrected chi connectivity index (χ4v) is 3.98. The number of aryl methyl sites for hydroxylation is 1. The molecule has 5 heteroatoms. The molecule has 0 unspecified atom stereocenters. The third kappa shape index (κ3) is 5.05. The number of rotatable bonds is 7. The Hall–Kier alpha value is -3.47. The second-order valence-electron chi connectivity index (χ2n) is 7.92. The molecule has 0 radical (unpaired) electrons. The van der Waals surface area contributed by atoms with Crippen molar-refractivity contribution in [2.75, 3.05) is 37.7 Å². The van der Waals surface area contributed by atoms with Crippen LogP contribution in [0.25, 0.3) is 0 Å². The first kappa shape index (κ1) is 21.8. The lowest BCUT2D eigenvalue weighted by atomic mass is 10.1. The molecule has 1 amide bonds. The van der Waals surface area contributed by atoms with Gasteiger partial charge >= 0.3 is 0 Å². The maximum atomic E-state index is 13.2. The zero-order valence-electron chi connectivity index (χ0n) is 18.8. The Balaban J connectivity index is 1.45. The number of hydrogen-bond donors (Lipinski definition) is 0. The molecule has 0 aromatic heterocycles. The summed E-state index contributed by atoms with van der Waals surface area (Å²) < 4.78 is 11.8. The summed E-state index contributed by atoms with van der Waals surface area (Å²) >= 11 is 0. The highest BCUT2D eigenvalue weighted by molar-refractivity contribution is 5.94. The van der Waals surface area contributed by atoms with Crippen LogP contribution in [-0.2, 0) is 6.61 Å². The molecule has 166 valence electrons. The maximum Gasteiger partial charge on any atom is 0.253 e. The van der Waals surface area contributed by atoms with E-state index in [1.807, 2.05) is 79.4 Å². The molecule has 0 saturated carbocycles. The number of anilines is 1. The van der Waals surface area contributed by atoms with Gasteiger partial charge in [-0.05, 0) is 55.8 Å². The smallest absolute Gasteiger partial charge is 0.253 e. The number of hydrogen-bond acceptors (Lipinski definition) is 4. The van der Waals surface area contributed by atoms with E-state index in [1.54, 1.807) is 0 Å². The lowest BCUT2D eigenvalue weighted by Crippen LogP contribution is -2.48. The standard InChI is InChI=1S/C27H30N2O3/c1-3-31-26-14-13-22(19-23(26)20-32-25-12-8-7-9-21(25)2)27(30)29-17-15-28(16-18-29)24-10-5-4-6-11-24/h4-14,19H,3,15-18,20H2,1-2H3. The van der Waals surface area contributed by atoms with Crippen LogP contribution in [0.5, 0.6) is 11.5 Å². The first-order valence-electron chi connectivity index (χ1n) is 11.2. The van der Waals surface area contributed by atoms with E-state index in [1.165, 1.54) is 5.69 Å². The van der Waals surface area contributed by atoms with E-state index in [0.717, 1.165) is 35.7 Å². The van der Waals surface area contributed by atoms with Crippen molar-refractivity contribution in [1.29, 1.82) is 0 Å². The van der Waals surface area contributed by atoms with Crippen LogP contribution < -0.4 is 14.4 Å². The van der Waals surface area contributed by atoms with E-state index in [9.17, 15) is 4.79 Å². The summed E-state index contributed by atoms with van der Waals surface area (Å²) in [5, 5.41) is 0.